The second-order valence-electron chi connectivity index (χ2n) is 8.95. The summed E-state index contributed by atoms with van der Waals surface area (Å²) >= 11 is 0. The van der Waals surface area contributed by atoms with Crippen molar-refractivity contribution < 1.29 is 9.59 Å². The van der Waals surface area contributed by atoms with Crippen molar-refractivity contribution in [2.24, 2.45) is 5.41 Å². The molecule has 0 radical (unpaired) electrons. The summed E-state index contributed by atoms with van der Waals surface area (Å²) in [5.74, 6) is -0.0129. The van der Waals surface area contributed by atoms with Gasteiger partial charge in [0.25, 0.3) is 0 Å². The van der Waals surface area contributed by atoms with Crippen molar-refractivity contribution in [2.45, 2.75) is 53.0 Å². The molecule has 3 heteroatoms. The van der Waals surface area contributed by atoms with Gasteiger partial charge in [0.2, 0.25) is 0 Å². The van der Waals surface area contributed by atoms with Crippen molar-refractivity contribution in [3.8, 4) is 0 Å². The number of rotatable bonds is 2. The van der Waals surface area contributed by atoms with E-state index in [1.54, 1.807) is 0 Å². The lowest BCUT2D eigenvalue weighted by Gasteiger charge is -2.45. The number of hydrogen-bond donors (Lipinski definition) is 0. The molecule has 144 valence electrons. The predicted molar refractivity (Wildman–Crippen MR) is 112 cm³/mol. The Labute approximate surface area is 167 Å². The van der Waals surface area contributed by atoms with Crippen LogP contribution in [0.1, 0.15) is 55.8 Å². The van der Waals surface area contributed by atoms with Crippen LogP contribution in [-0.4, -0.2) is 11.6 Å². The van der Waals surface area contributed by atoms with Gasteiger partial charge in [0.15, 0.2) is 11.6 Å². The average Bonchev–Trinajstić information content (AvgIpc) is 2.63. The van der Waals surface area contributed by atoms with E-state index in [0.717, 1.165) is 23.4 Å². The van der Waals surface area contributed by atoms with E-state index in [1.165, 1.54) is 11.1 Å². The van der Waals surface area contributed by atoms with Crippen LogP contribution in [0.3, 0.4) is 0 Å². The minimum Gasteiger partial charge on any atom is -0.336 e. The number of aryl methyl sites for hydroxylation is 2. The molecular formula is C25H27NO2. The van der Waals surface area contributed by atoms with Gasteiger partial charge in [-0.2, -0.15) is 0 Å². The Morgan fingerprint density at radius 3 is 2.29 bits per heavy atom. The molecule has 0 fully saturated rings. The van der Waals surface area contributed by atoms with Crippen molar-refractivity contribution in [3.63, 3.8) is 0 Å². The number of ketones is 2. The van der Waals surface area contributed by atoms with Gasteiger partial charge in [0.05, 0.1) is 11.6 Å². The first-order valence-corrected chi connectivity index (χ1v) is 9.98. The van der Waals surface area contributed by atoms with Gasteiger partial charge in [-0.1, -0.05) is 50.2 Å². The number of carbonyl (C=O) groups is 2. The number of nitrogens with zero attached hydrogens (tertiary/aromatic N) is 1. The standard InChI is InChI=1S/C25H27NO2/c1-16-10-11-19(12-17(16)2)26-20(18-8-6-5-7-9-18)13-22(27)24-21(26)14-25(3,4)15-23(24)28/h5-12,20H,13-15H2,1-4H3. The third kappa shape index (κ3) is 3.19. The van der Waals surface area contributed by atoms with Crippen molar-refractivity contribution in [1.82, 2.24) is 0 Å². The molecular weight excluding hydrogens is 346 g/mol. The fourth-order valence-electron chi connectivity index (χ4n) is 4.52. The quantitative estimate of drug-likeness (QED) is 0.655. The van der Waals surface area contributed by atoms with E-state index in [1.807, 2.05) is 18.2 Å². The van der Waals surface area contributed by atoms with E-state index in [4.69, 9.17) is 0 Å². The third-order valence-electron chi connectivity index (χ3n) is 6.07. The van der Waals surface area contributed by atoms with Crippen LogP contribution >= 0.6 is 0 Å². The molecule has 2 aromatic carbocycles. The van der Waals surface area contributed by atoms with E-state index in [9.17, 15) is 9.59 Å². The SMILES string of the molecule is Cc1ccc(N2C3=C(C(=O)CC2c2ccccc2)C(=O)CC(C)(C)C3)cc1C. The fourth-order valence-corrected chi connectivity index (χ4v) is 4.52. The van der Waals surface area contributed by atoms with Crippen molar-refractivity contribution in [2.75, 3.05) is 4.90 Å². The van der Waals surface area contributed by atoms with Crippen LogP contribution in [0.4, 0.5) is 5.69 Å². The summed E-state index contributed by atoms with van der Waals surface area (Å²) in [7, 11) is 0. The maximum absolute atomic E-state index is 13.0. The summed E-state index contributed by atoms with van der Waals surface area (Å²) in [6.45, 7) is 8.44. The molecule has 0 bridgehead atoms. The van der Waals surface area contributed by atoms with Crippen LogP contribution in [0.5, 0.6) is 0 Å². The number of anilines is 1. The largest absolute Gasteiger partial charge is 0.336 e. The first-order chi connectivity index (χ1) is 13.3. The molecule has 0 saturated heterocycles. The molecule has 2 aliphatic rings. The minimum absolute atomic E-state index is 0.00315. The van der Waals surface area contributed by atoms with Gasteiger partial charge in [-0.3, -0.25) is 9.59 Å². The fraction of sp³-hybridized carbons (Fsp3) is 0.360. The molecule has 28 heavy (non-hydrogen) atoms. The topological polar surface area (TPSA) is 37.4 Å². The lowest BCUT2D eigenvalue weighted by molar-refractivity contribution is -0.124. The number of benzene rings is 2. The Bertz CT molecular complexity index is 985. The van der Waals surface area contributed by atoms with Crippen LogP contribution in [0.15, 0.2) is 59.8 Å². The van der Waals surface area contributed by atoms with Crippen molar-refractivity contribution in [3.05, 3.63) is 76.5 Å². The molecule has 3 nitrogen and oxygen atoms in total. The molecule has 1 heterocycles. The molecule has 2 aromatic rings. The van der Waals surface area contributed by atoms with Gasteiger partial charge in [0, 0.05) is 24.2 Å². The zero-order chi connectivity index (χ0) is 20.1. The van der Waals surface area contributed by atoms with Crippen LogP contribution < -0.4 is 4.90 Å². The Kier molecular flexibility index (Phi) is 4.49. The average molecular weight is 373 g/mol. The number of Topliss-reactive ketones (excluding diaryl/α,β-unsaturated/α-hetero) is 2. The Balaban J connectivity index is 1.93. The molecule has 1 atom stereocenters. The van der Waals surface area contributed by atoms with E-state index in [-0.39, 0.29) is 23.0 Å². The Hall–Kier alpha value is -2.68. The van der Waals surface area contributed by atoms with Crippen LogP contribution in [-0.2, 0) is 9.59 Å². The second-order valence-corrected chi connectivity index (χ2v) is 8.95. The minimum atomic E-state index is -0.146. The first-order valence-electron chi connectivity index (χ1n) is 9.98. The highest BCUT2D eigenvalue weighted by Gasteiger charge is 2.44. The van der Waals surface area contributed by atoms with Gasteiger partial charge in [0.1, 0.15) is 0 Å². The molecule has 0 saturated carbocycles. The Morgan fingerprint density at radius 2 is 1.61 bits per heavy atom. The van der Waals surface area contributed by atoms with E-state index in [0.29, 0.717) is 18.4 Å². The highest BCUT2D eigenvalue weighted by atomic mass is 16.1. The molecule has 0 amide bonds. The Morgan fingerprint density at radius 1 is 0.893 bits per heavy atom. The number of allylic oxidation sites excluding steroid dienone is 2. The normalized spacial score (nSPS) is 21.7. The van der Waals surface area contributed by atoms with Gasteiger partial charge in [-0.05, 0) is 54.5 Å². The lowest BCUT2D eigenvalue weighted by atomic mass is 9.72. The lowest BCUT2D eigenvalue weighted by Crippen LogP contribution is -2.43. The van der Waals surface area contributed by atoms with E-state index < -0.39 is 0 Å². The van der Waals surface area contributed by atoms with Gasteiger partial charge in [-0.15, -0.1) is 0 Å². The third-order valence-corrected chi connectivity index (χ3v) is 6.07. The van der Waals surface area contributed by atoms with Gasteiger partial charge in [-0.25, -0.2) is 0 Å². The van der Waals surface area contributed by atoms with Crippen LogP contribution in [0, 0.1) is 19.3 Å². The zero-order valence-corrected chi connectivity index (χ0v) is 17.1. The summed E-state index contributed by atoms with van der Waals surface area (Å²) in [6.07, 6.45) is 1.51. The van der Waals surface area contributed by atoms with E-state index in [2.05, 4.69) is 62.9 Å². The monoisotopic (exact) mass is 373 g/mol. The molecule has 1 aliphatic carbocycles. The van der Waals surface area contributed by atoms with Gasteiger partial charge >= 0.3 is 0 Å². The number of carbonyl (C=O) groups excluding carboxylic acids is 2. The van der Waals surface area contributed by atoms with Crippen LogP contribution in [0.2, 0.25) is 0 Å². The summed E-state index contributed by atoms with van der Waals surface area (Å²) in [6, 6.07) is 16.5. The molecule has 1 aliphatic heterocycles. The molecule has 0 spiro atoms. The van der Waals surface area contributed by atoms with Crippen molar-refractivity contribution >= 4 is 17.3 Å². The molecule has 4 rings (SSSR count). The van der Waals surface area contributed by atoms with Crippen LogP contribution in [0.25, 0.3) is 0 Å². The molecule has 0 N–H and O–H groups in total. The smallest absolute Gasteiger partial charge is 0.170 e. The first kappa shape index (κ1) is 18.7. The second kappa shape index (κ2) is 6.73. The molecule has 0 aromatic heterocycles. The molecule has 1 unspecified atom stereocenters. The predicted octanol–water partition coefficient (Wildman–Crippen LogP) is 5.47. The van der Waals surface area contributed by atoms with Crippen molar-refractivity contribution in [1.29, 1.82) is 0 Å². The highest BCUT2D eigenvalue weighted by Crippen LogP contribution is 2.47. The maximum atomic E-state index is 13.0. The highest BCUT2D eigenvalue weighted by molar-refractivity contribution is 6.22. The summed E-state index contributed by atoms with van der Waals surface area (Å²) in [5.41, 5.74) is 5.80. The van der Waals surface area contributed by atoms with Gasteiger partial charge < -0.3 is 4.90 Å². The summed E-state index contributed by atoms with van der Waals surface area (Å²) < 4.78 is 0. The summed E-state index contributed by atoms with van der Waals surface area (Å²) in [5, 5.41) is 0. The van der Waals surface area contributed by atoms with E-state index >= 15 is 0 Å². The summed E-state index contributed by atoms with van der Waals surface area (Å²) in [4.78, 5) is 28.2. The zero-order valence-electron chi connectivity index (χ0n) is 17.1. The maximum Gasteiger partial charge on any atom is 0.170 e. The number of hydrogen-bond acceptors (Lipinski definition) is 3.